The number of benzene rings is 2. The minimum absolute atomic E-state index is 0.151. The van der Waals surface area contributed by atoms with Gasteiger partial charge in [0.05, 0.1) is 30.3 Å². The molecule has 29 heavy (non-hydrogen) atoms. The van der Waals surface area contributed by atoms with Crippen LogP contribution < -0.4 is 14.8 Å². The van der Waals surface area contributed by atoms with Crippen LogP contribution >= 0.6 is 11.6 Å². The van der Waals surface area contributed by atoms with Gasteiger partial charge in [-0.15, -0.1) is 0 Å². The molecular formula is C22H26ClNO5. The topological polar surface area (TPSA) is 73.9 Å². The minimum atomic E-state index is -0.674. The van der Waals surface area contributed by atoms with Crippen molar-refractivity contribution < 1.29 is 23.8 Å². The van der Waals surface area contributed by atoms with E-state index in [4.69, 9.17) is 25.8 Å². The maximum atomic E-state index is 12.3. The molecule has 0 spiro atoms. The molecular weight excluding hydrogens is 394 g/mol. The van der Waals surface area contributed by atoms with Crippen molar-refractivity contribution in [3.05, 3.63) is 58.1 Å². The van der Waals surface area contributed by atoms with Crippen LogP contribution in [0.5, 0.6) is 11.5 Å². The van der Waals surface area contributed by atoms with E-state index in [2.05, 4.69) is 5.32 Å². The molecule has 0 saturated heterocycles. The molecule has 0 aliphatic rings. The van der Waals surface area contributed by atoms with Crippen molar-refractivity contribution in [3.63, 3.8) is 0 Å². The normalized spacial score (nSPS) is 11.5. The first kappa shape index (κ1) is 22.6. The number of halogens is 1. The van der Waals surface area contributed by atoms with Gasteiger partial charge in [-0.25, -0.2) is 4.79 Å². The third kappa shape index (κ3) is 6.12. The Morgan fingerprint density at radius 3 is 2.41 bits per heavy atom. The van der Waals surface area contributed by atoms with Gasteiger partial charge >= 0.3 is 5.97 Å². The number of hydrogen-bond donors (Lipinski definition) is 1. The van der Waals surface area contributed by atoms with Gasteiger partial charge in [-0.1, -0.05) is 48.4 Å². The average Bonchev–Trinajstić information content (AvgIpc) is 2.72. The monoisotopic (exact) mass is 419 g/mol. The maximum absolute atomic E-state index is 12.3. The molecule has 2 aromatic rings. The molecule has 0 fully saturated rings. The van der Waals surface area contributed by atoms with E-state index in [-0.39, 0.29) is 22.5 Å². The Labute approximate surface area is 176 Å². The van der Waals surface area contributed by atoms with Crippen molar-refractivity contribution in [1.82, 2.24) is 5.32 Å². The Balaban J connectivity index is 2.00. The molecule has 0 aliphatic carbocycles. The van der Waals surface area contributed by atoms with E-state index in [0.29, 0.717) is 24.5 Å². The summed E-state index contributed by atoms with van der Waals surface area (Å²) < 4.78 is 15.8. The van der Waals surface area contributed by atoms with E-state index in [1.807, 2.05) is 45.0 Å². The van der Waals surface area contributed by atoms with E-state index in [1.54, 1.807) is 0 Å². The predicted octanol–water partition coefficient (Wildman–Crippen LogP) is 4.48. The van der Waals surface area contributed by atoms with Crippen molar-refractivity contribution in [2.45, 2.75) is 33.2 Å². The molecule has 0 saturated carbocycles. The molecule has 2 aromatic carbocycles. The van der Waals surface area contributed by atoms with Gasteiger partial charge in [-0.05, 0) is 38.0 Å². The van der Waals surface area contributed by atoms with Gasteiger partial charge in [0.1, 0.15) is 0 Å². The molecule has 7 heteroatoms. The molecule has 6 nitrogen and oxygen atoms in total. The lowest BCUT2D eigenvalue weighted by Crippen LogP contribution is -2.32. The Morgan fingerprint density at radius 1 is 1.14 bits per heavy atom. The molecule has 0 heterocycles. The molecule has 0 radical (unpaired) electrons. The fourth-order valence-corrected chi connectivity index (χ4v) is 3.06. The molecule has 2 rings (SSSR count). The summed E-state index contributed by atoms with van der Waals surface area (Å²) >= 11 is 6.17. The Kier molecular flexibility index (Phi) is 8.34. The molecule has 156 valence electrons. The second kappa shape index (κ2) is 10.7. The highest BCUT2D eigenvalue weighted by Crippen LogP contribution is 2.36. The standard InChI is InChI=1S/C22H26ClNO5/c1-5-18(15-9-7-14(3)8-10-15)24-20(25)13-29-22(26)16-11-17(23)21(28-6-2)19(12-16)27-4/h7-12,18H,5-6,13H2,1-4H3,(H,24,25)/t18-/m1/s1. The summed E-state index contributed by atoms with van der Waals surface area (Å²) in [6.07, 6.45) is 0.717. The van der Waals surface area contributed by atoms with E-state index >= 15 is 0 Å². The van der Waals surface area contributed by atoms with Crippen LogP contribution in [0.15, 0.2) is 36.4 Å². The van der Waals surface area contributed by atoms with Crippen LogP contribution in [0.3, 0.4) is 0 Å². The first-order valence-electron chi connectivity index (χ1n) is 9.42. The number of methoxy groups -OCH3 is 1. The van der Waals surface area contributed by atoms with Crippen LogP contribution in [-0.2, 0) is 9.53 Å². The minimum Gasteiger partial charge on any atom is -0.493 e. The van der Waals surface area contributed by atoms with Gasteiger partial charge in [0, 0.05) is 0 Å². The maximum Gasteiger partial charge on any atom is 0.338 e. The molecule has 0 aromatic heterocycles. The molecule has 0 unspecified atom stereocenters. The SMILES string of the molecule is CCOc1c(Cl)cc(C(=O)OCC(=O)N[C@H](CC)c2ccc(C)cc2)cc1OC. The summed E-state index contributed by atoms with van der Waals surface area (Å²) in [6.45, 7) is 5.81. The summed E-state index contributed by atoms with van der Waals surface area (Å²) in [4.78, 5) is 24.6. The second-order valence-corrected chi connectivity index (χ2v) is 6.84. The van der Waals surface area contributed by atoms with Gasteiger partial charge in [0.2, 0.25) is 0 Å². The van der Waals surface area contributed by atoms with Crippen molar-refractivity contribution in [1.29, 1.82) is 0 Å². The van der Waals surface area contributed by atoms with Crippen molar-refractivity contribution in [2.24, 2.45) is 0 Å². The van der Waals surface area contributed by atoms with Crippen LogP contribution in [0.2, 0.25) is 5.02 Å². The third-order valence-electron chi connectivity index (χ3n) is 4.31. The van der Waals surface area contributed by atoms with Crippen LogP contribution in [-0.4, -0.2) is 32.2 Å². The van der Waals surface area contributed by atoms with E-state index in [1.165, 1.54) is 19.2 Å². The fraction of sp³-hybridized carbons (Fsp3) is 0.364. The van der Waals surface area contributed by atoms with Gasteiger partial charge in [0.25, 0.3) is 5.91 Å². The van der Waals surface area contributed by atoms with Gasteiger partial charge < -0.3 is 19.5 Å². The van der Waals surface area contributed by atoms with E-state index in [0.717, 1.165) is 11.1 Å². The average molecular weight is 420 g/mol. The lowest BCUT2D eigenvalue weighted by atomic mass is 10.0. The van der Waals surface area contributed by atoms with Crippen molar-refractivity contribution in [3.8, 4) is 11.5 Å². The third-order valence-corrected chi connectivity index (χ3v) is 4.59. The van der Waals surface area contributed by atoms with Crippen LogP contribution in [0.4, 0.5) is 0 Å². The number of aryl methyl sites for hydroxylation is 1. The van der Waals surface area contributed by atoms with Gasteiger partial charge in [-0.3, -0.25) is 4.79 Å². The van der Waals surface area contributed by atoms with Gasteiger partial charge in [-0.2, -0.15) is 0 Å². The number of carbonyl (C=O) groups is 2. The number of ether oxygens (including phenoxy) is 3. The number of hydrogen-bond acceptors (Lipinski definition) is 5. The highest BCUT2D eigenvalue weighted by atomic mass is 35.5. The molecule has 1 atom stereocenters. The number of carbonyl (C=O) groups excluding carboxylic acids is 2. The largest absolute Gasteiger partial charge is 0.493 e. The molecule has 0 bridgehead atoms. The summed E-state index contributed by atoms with van der Waals surface area (Å²) in [5.41, 5.74) is 2.32. The summed E-state index contributed by atoms with van der Waals surface area (Å²) in [6, 6.07) is 10.7. The fourth-order valence-electron chi connectivity index (χ4n) is 2.79. The summed E-state index contributed by atoms with van der Waals surface area (Å²) in [7, 11) is 1.45. The number of amides is 1. The van der Waals surface area contributed by atoms with E-state index < -0.39 is 12.6 Å². The zero-order chi connectivity index (χ0) is 21.4. The van der Waals surface area contributed by atoms with Crippen LogP contribution in [0, 0.1) is 6.92 Å². The zero-order valence-electron chi connectivity index (χ0n) is 17.1. The Morgan fingerprint density at radius 2 is 1.83 bits per heavy atom. The second-order valence-electron chi connectivity index (χ2n) is 6.44. The number of nitrogens with one attached hydrogen (secondary N) is 1. The van der Waals surface area contributed by atoms with Gasteiger partial charge in [0.15, 0.2) is 18.1 Å². The predicted molar refractivity (Wildman–Crippen MR) is 112 cm³/mol. The first-order valence-corrected chi connectivity index (χ1v) is 9.80. The van der Waals surface area contributed by atoms with E-state index in [9.17, 15) is 9.59 Å². The van der Waals surface area contributed by atoms with Crippen LogP contribution in [0.25, 0.3) is 0 Å². The lowest BCUT2D eigenvalue weighted by molar-refractivity contribution is -0.125. The number of esters is 1. The zero-order valence-corrected chi connectivity index (χ0v) is 17.8. The Bertz CT molecular complexity index is 851. The summed E-state index contributed by atoms with van der Waals surface area (Å²) in [5, 5.41) is 3.11. The Hall–Kier alpha value is -2.73. The lowest BCUT2D eigenvalue weighted by Gasteiger charge is -2.18. The van der Waals surface area contributed by atoms with Crippen molar-refractivity contribution >= 4 is 23.5 Å². The highest BCUT2D eigenvalue weighted by Gasteiger charge is 2.19. The van der Waals surface area contributed by atoms with Crippen LogP contribution in [0.1, 0.15) is 47.8 Å². The highest BCUT2D eigenvalue weighted by molar-refractivity contribution is 6.32. The smallest absolute Gasteiger partial charge is 0.338 e. The molecule has 0 aliphatic heterocycles. The number of rotatable bonds is 9. The summed E-state index contributed by atoms with van der Waals surface area (Å²) in [5.74, 6) is -0.377. The molecule has 1 N–H and O–H groups in total. The first-order chi connectivity index (χ1) is 13.9. The molecule has 1 amide bonds. The van der Waals surface area contributed by atoms with Crippen molar-refractivity contribution in [2.75, 3.05) is 20.3 Å². The quantitative estimate of drug-likeness (QED) is 0.606.